The van der Waals surface area contributed by atoms with Crippen molar-refractivity contribution in [3.63, 3.8) is 0 Å². The van der Waals surface area contributed by atoms with Gasteiger partial charge in [0.1, 0.15) is 5.75 Å². The summed E-state index contributed by atoms with van der Waals surface area (Å²) in [6, 6.07) is 10.3. The maximum Gasteiger partial charge on any atom is 0.116 e. The minimum absolute atomic E-state index is 0.360. The van der Waals surface area contributed by atoms with Crippen molar-refractivity contribution in [2.24, 2.45) is 5.41 Å². The van der Waals surface area contributed by atoms with E-state index >= 15 is 0 Å². The lowest BCUT2D eigenvalue weighted by Gasteiger charge is -2.41. The molecular formula is C20H22O. The van der Waals surface area contributed by atoms with Gasteiger partial charge in [0, 0.05) is 0 Å². The lowest BCUT2D eigenvalue weighted by molar-refractivity contribution is 0.288. The molecule has 1 N–H and O–H groups in total. The van der Waals surface area contributed by atoms with Crippen molar-refractivity contribution in [1.82, 2.24) is 0 Å². The van der Waals surface area contributed by atoms with Crippen LogP contribution in [0, 0.1) is 5.41 Å². The molecule has 1 heteroatoms. The van der Waals surface area contributed by atoms with E-state index in [0.29, 0.717) is 17.1 Å². The number of hydrogen-bond acceptors (Lipinski definition) is 1. The van der Waals surface area contributed by atoms with Crippen LogP contribution in [0.25, 0.3) is 10.8 Å². The molecule has 0 radical (unpaired) electrons. The molecule has 1 nitrogen and oxygen atoms in total. The molecule has 2 aromatic rings. The van der Waals surface area contributed by atoms with Crippen LogP contribution in [0.15, 0.2) is 42.0 Å². The van der Waals surface area contributed by atoms with Crippen LogP contribution in [0.2, 0.25) is 0 Å². The Morgan fingerprint density at radius 3 is 2.90 bits per heavy atom. The summed E-state index contributed by atoms with van der Waals surface area (Å²) in [6.45, 7) is 4.75. The molecular weight excluding hydrogens is 256 g/mol. The first-order chi connectivity index (χ1) is 10.1. The number of fused-ring (bicyclic) bond motifs is 5. The number of hydrogen-bond donors (Lipinski definition) is 1. The molecule has 0 amide bonds. The van der Waals surface area contributed by atoms with Crippen LogP contribution in [0.1, 0.15) is 50.2 Å². The Kier molecular flexibility index (Phi) is 2.69. The molecule has 0 spiro atoms. The van der Waals surface area contributed by atoms with Crippen molar-refractivity contribution in [2.75, 3.05) is 0 Å². The van der Waals surface area contributed by atoms with E-state index in [1.54, 1.807) is 11.1 Å². The van der Waals surface area contributed by atoms with Crippen LogP contribution in [0.4, 0.5) is 0 Å². The van der Waals surface area contributed by atoms with Gasteiger partial charge in [0.25, 0.3) is 0 Å². The number of phenolic OH excluding ortho intramolecular Hbond substituents is 1. The van der Waals surface area contributed by atoms with E-state index in [1.807, 2.05) is 12.1 Å². The van der Waals surface area contributed by atoms with Gasteiger partial charge >= 0.3 is 0 Å². The molecule has 2 aliphatic carbocycles. The summed E-state index contributed by atoms with van der Waals surface area (Å²) in [5, 5.41) is 12.2. The van der Waals surface area contributed by atoms with E-state index in [9.17, 15) is 5.11 Å². The molecule has 108 valence electrons. The van der Waals surface area contributed by atoms with Crippen LogP contribution >= 0.6 is 0 Å². The lowest BCUT2D eigenvalue weighted by atomic mass is 9.63. The summed E-state index contributed by atoms with van der Waals surface area (Å²) < 4.78 is 0. The molecule has 0 saturated heterocycles. The highest BCUT2D eigenvalue weighted by Gasteiger charge is 2.44. The van der Waals surface area contributed by atoms with E-state index in [4.69, 9.17) is 0 Å². The van der Waals surface area contributed by atoms with Crippen LogP contribution in [-0.4, -0.2) is 5.11 Å². The standard InChI is InChI=1S/C20H22O/c1-3-14-5-9-19-18-7-4-13-12-15(21)6-8-16(13)17(18)10-11-20(14,19)2/h4-8,12,19,21H,3,9-11H2,1-2H3. The number of phenols is 1. The van der Waals surface area contributed by atoms with Crippen molar-refractivity contribution < 1.29 is 5.11 Å². The minimum atomic E-state index is 0.360. The van der Waals surface area contributed by atoms with Gasteiger partial charge in [-0.25, -0.2) is 0 Å². The van der Waals surface area contributed by atoms with Crippen LogP contribution < -0.4 is 0 Å². The summed E-state index contributed by atoms with van der Waals surface area (Å²) in [4.78, 5) is 0. The van der Waals surface area contributed by atoms with Crippen molar-refractivity contribution in [2.45, 2.75) is 45.4 Å². The van der Waals surface area contributed by atoms with Crippen molar-refractivity contribution in [3.8, 4) is 5.75 Å². The third-order valence-corrected chi connectivity index (χ3v) is 5.90. The Morgan fingerprint density at radius 1 is 1.24 bits per heavy atom. The van der Waals surface area contributed by atoms with Crippen LogP contribution in [0.3, 0.4) is 0 Å². The van der Waals surface area contributed by atoms with Crippen molar-refractivity contribution in [3.05, 3.63) is 53.1 Å². The highest BCUT2D eigenvalue weighted by molar-refractivity contribution is 5.88. The largest absolute Gasteiger partial charge is 0.508 e. The van der Waals surface area contributed by atoms with E-state index < -0.39 is 0 Å². The van der Waals surface area contributed by atoms with Gasteiger partial charge in [0.15, 0.2) is 0 Å². The molecule has 2 aliphatic rings. The van der Waals surface area contributed by atoms with E-state index in [2.05, 4.69) is 38.1 Å². The fourth-order valence-electron chi connectivity index (χ4n) is 4.72. The number of aryl methyl sites for hydroxylation is 1. The van der Waals surface area contributed by atoms with Gasteiger partial charge in [0.05, 0.1) is 0 Å². The first-order valence-electron chi connectivity index (χ1n) is 8.07. The Bertz CT molecular complexity index is 756. The van der Waals surface area contributed by atoms with Crippen LogP contribution in [0.5, 0.6) is 5.75 Å². The molecule has 0 fully saturated rings. The quantitative estimate of drug-likeness (QED) is 0.700. The van der Waals surface area contributed by atoms with Gasteiger partial charge in [-0.3, -0.25) is 0 Å². The zero-order valence-electron chi connectivity index (χ0n) is 12.8. The third-order valence-electron chi connectivity index (χ3n) is 5.90. The van der Waals surface area contributed by atoms with Crippen molar-refractivity contribution in [1.29, 1.82) is 0 Å². The predicted octanol–water partition coefficient (Wildman–Crippen LogP) is 5.32. The first kappa shape index (κ1) is 12.9. The Balaban J connectivity index is 1.89. The summed E-state index contributed by atoms with van der Waals surface area (Å²) >= 11 is 0. The highest BCUT2D eigenvalue weighted by atomic mass is 16.3. The third kappa shape index (κ3) is 1.70. The maximum atomic E-state index is 9.68. The molecule has 0 aromatic heterocycles. The summed E-state index contributed by atoms with van der Waals surface area (Å²) in [6.07, 6.45) is 7.27. The summed E-state index contributed by atoms with van der Waals surface area (Å²) in [5.74, 6) is 1.01. The Morgan fingerprint density at radius 2 is 2.10 bits per heavy atom. The lowest BCUT2D eigenvalue weighted by Crippen LogP contribution is -2.29. The topological polar surface area (TPSA) is 20.2 Å². The molecule has 21 heavy (non-hydrogen) atoms. The van der Waals surface area contributed by atoms with E-state index in [0.717, 1.165) is 6.42 Å². The zero-order valence-corrected chi connectivity index (χ0v) is 12.8. The Labute approximate surface area is 126 Å². The van der Waals surface area contributed by atoms with Gasteiger partial charge in [-0.05, 0) is 71.0 Å². The molecule has 2 unspecified atom stereocenters. The second-order valence-electron chi connectivity index (χ2n) is 6.83. The zero-order chi connectivity index (χ0) is 14.6. The van der Waals surface area contributed by atoms with Gasteiger partial charge in [-0.2, -0.15) is 0 Å². The maximum absolute atomic E-state index is 9.68. The van der Waals surface area contributed by atoms with Gasteiger partial charge in [-0.15, -0.1) is 0 Å². The van der Waals surface area contributed by atoms with Crippen molar-refractivity contribution >= 4 is 10.8 Å². The average molecular weight is 278 g/mol. The number of benzene rings is 2. The molecule has 4 rings (SSSR count). The average Bonchev–Trinajstić information content (AvgIpc) is 2.83. The van der Waals surface area contributed by atoms with E-state index in [-0.39, 0.29) is 0 Å². The monoisotopic (exact) mass is 278 g/mol. The fourth-order valence-corrected chi connectivity index (χ4v) is 4.72. The second-order valence-corrected chi connectivity index (χ2v) is 6.83. The molecule has 2 atom stereocenters. The van der Waals surface area contributed by atoms with Gasteiger partial charge in [0.2, 0.25) is 0 Å². The van der Waals surface area contributed by atoms with Gasteiger partial charge < -0.3 is 5.11 Å². The Hall–Kier alpha value is -1.76. The smallest absolute Gasteiger partial charge is 0.116 e. The second kappa shape index (κ2) is 4.37. The molecule has 0 bridgehead atoms. The summed E-state index contributed by atoms with van der Waals surface area (Å²) in [5.41, 5.74) is 5.08. The molecule has 0 saturated carbocycles. The molecule has 2 aromatic carbocycles. The van der Waals surface area contributed by atoms with E-state index in [1.165, 1.54) is 35.6 Å². The predicted molar refractivity (Wildman–Crippen MR) is 87.8 cm³/mol. The number of aromatic hydroxyl groups is 1. The van der Waals surface area contributed by atoms with Gasteiger partial charge in [-0.1, -0.05) is 43.7 Å². The first-order valence-corrected chi connectivity index (χ1v) is 8.07. The normalized spacial score (nSPS) is 27.3. The minimum Gasteiger partial charge on any atom is -0.508 e. The highest BCUT2D eigenvalue weighted by Crippen LogP contribution is 2.57. The molecule has 0 aliphatic heterocycles. The number of rotatable bonds is 1. The fraction of sp³-hybridized carbons (Fsp3) is 0.400. The SMILES string of the molecule is CCC1=CCC2c3ccc4cc(O)ccc4c3CCC12C. The van der Waals surface area contributed by atoms with Crippen LogP contribution in [-0.2, 0) is 6.42 Å². The molecule has 0 heterocycles. The summed E-state index contributed by atoms with van der Waals surface area (Å²) in [7, 11) is 0. The number of allylic oxidation sites excluding steroid dienone is 2.